The Labute approximate surface area is 117 Å². The van der Waals surface area contributed by atoms with Crippen LogP contribution in [-0.2, 0) is 6.18 Å². The second-order valence-electron chi connectivity index (χ2n) is 5.87. The summed E-state index contributed by atoms with van der Waals surface area (Å²) in [6.45, 7) is 4.41. The minimum Gasteiger partial charge on any atom is -0.381 e. The molecule has 0 saturated heterocycles. The molecule has 2 atom stereocenters. The lowest BCUT2D eigenvalue weighted by atomic mass is 9.78. The summed E-state index contributed by atoms with van der Waals surface area (Å²) in [5.41, 5.74) is -0.164. The molecule has 20 heavy (non-hydrogen) atoms. The first-order valence-corrected chi connectivity index (χ1v) is 7.17. The lowest BCUT2D eigenvalue weighted by molar-refractivity contribution is -0.141. The molecule has 2 rings (SSSR count). The van der Waals surface area contributed by atoms with Gasteiger partial charge < -0.3 is 5.32 Å². The first-order valence-electron chi connectivity index (χ1n) is 7.17. The number of nitrogens with one attached hydrogen (secondary N) is 1. The molecule has 2 unspecified atom stereocenters. The number of rotatable bonds is 3. The molecule has 2 nitrogen and oxygen atoms in total. The van der Waals surface area contributed by atoms with Gasteiger partial charge >= 0.3 is 6.18 Å². The van der Waals surface area contributed by atoms with Gasteiger partial charge in [-0.3, -0.25) is 0 Å². The zero-order valence-electron chi connectivity index (χ0n) is 11.9. The van der Waals surface area contributed by atoms with Gasteiger partial charge in [-0.1, -0.05) is 26.7 Å². The van der Waals surface area contributed by atoms with Crippen molar-refractivity contribution in [3.8, 4) is 0 Å². The van der Waals surface area contributed by atoms with Crippen LogP contribution in [0.15, 0.2) is 18.3 Å². The molecule has 1 saturated carbocycles. The van der Waals surface area contributed by atoms with Crippen LogP contribution in [0.5, 0.6) is 0 Å². The van der Waals surface area contributed by atoms with Gasteiger partial charge in [-0.15, -0.1) is 0 Å². The molecule has 1 aromatic heterocycles. The number of anilines is 1. The van der Waals surface area contributed by atoms with Crippen LogP contribution in [0.1, 0.15) is 45.2 Å². The summed E-state index contributed by atoms with van der Waals surface area (Å²) >= 11 is 0. The molecule has 0 radical (unpaired) electrons. The highest BCUT2D eigenvalue weighted by atomic mass is 19.4. The predicted molar refractivity (Wildman–Crippen MR) is 73.4 cm³/mol. The van der Waals surface area contributed by atoms with Crippen LogP contribution in [0.4, 0.5) is 18.9 Å². The molecule has 5 heteroatoms. The molecule has 1 aliphatic rings. The van der Waals surface area contributed by atoms with Crippen molar-refractivity contribution in [2.45, 2.75) is 51.7 Å². The average molecular weight is 286 g/mol. The maximum atomic E-state index is 12.5. The summed E-state index contributed by atoms with van der Waals surface area (Å²) in [5.74, 6) is 1.15. The SMILES string of the molecule is CC(C)C1CCCCC1Nc1ccc(C(F)(F)F)nc1. The van der Waals surface area contributed by atoms with Gasteiger partial charge in [0.05, 0.1) is 11.9 Å². The van der Waals surface area contributed by atoms with Crippen LogP contribution >= 0.6 is 0 Å². The van der Waals surface area contributed by atoms with Crippen molar-refractivity contribution in [2.75, 3.05) is 5.32 Å². The third-order valence-corrected chi connectivity index (χ3v) is 4.08. The monoisotopic (exact) mass is 286 g/mol. The topological polar surface area (TPSA) is 24.9 Å². The van der Waals surface area contributed by atoms with E-state index in [0.717, 1.165) is 12.5 Å². The fourth-order valence-corrected chi connectivity index (χ4v) is 3.00. The predicted octanol–water partition coefficient (Wildman–Crippen LogP) is 4.73. The van der Waals surface area contributed by atoms with E-state index in [1.165, 1.54) is 31.5 Å². The van der Waals surface area contributed by atoms with Crippen LogP contribution in [0.3, 0.4) is 0 Å². The Morgan fingerprint density at radius 1 is 1.20 bits per heavy atom. The highest BCUT2D eigenvalue weighted by Crippen LogP contribution is 2.33. The molecule has 0 bridgehead atoms. The van der Waals surface area contributed by atoms with Gasteiger partial charge in [0, 0.05) is 6.04 Å². The highest BCUT2D eigenvalue weighted by Gasteiger charge is 2.32. The smallest absolute Gasteiger partial charge is 0.381 e. The molecule has 1 aliphatic carbocycles. The first kappa shape index (κ1) is 15.1. The molecule has 1 heterocycles. The number of halogens is 3. The minimum atomic E-state index is -4.37. The van der Waals surface area contributed by atoms with Crippen LogP contribution in [-0.4, -0.2) is 11.0 Å². The Kier molecular flexibility index (Phi) is 4.55. The van der Waals surface area contributed by atoms with E-state index in [2.05, 4.69) is 24.1 Å². The standard InChI is InChI=1S/C15H21F3N2/c1-10(2)12-5-3-4-6-13(12)20-11-7-8-14(19-9-11)15(16,17)18/h7-10,12-13,20H,3-6H2,1-2H3. The van der Waals surface area contributed by atoms with Crippen molar-refractivity contribution in [1.29, 1.82) is 0 Å². The van der Waals surface area contributed by atoms with E-state index in [-0.39, 0.29) is 0 Å². The Morgan fingerprint density at radius 2 is 1.90 bits per heavy atom. The Balaban J connectivity index is 2.05. The number of hydrogen-bond donors (Lipinski definition) is 1. The summed E-state index contributed by atoms with van der Waals surface area (Å²) < 4.78 is 37.4. The zero-order chi connectivity index (χ0) is 14.8. The first-order chi connectivity index (χ1) is 9.38. The van der Waals surface area contributed by atoms with Crippen molar-refractivity contribution in [3.05, 3.63) is 24.0 Å². The maximum Gasteiger partial charge on any atom is 0.433 e. The molecular weight excluding hydrogens is 265 g/mol. The van der Waals surface area contributed by atoms with E-state index in [1.54, 1.807) is 0 Å². The van der Waals surface area contributed by atoms with E-state index >= 15 is 0 Å². The molecule has 0 amide bonds. The quantitative estimate of drug-likeness (QED) is 0.869. The van der Waals surface area contributed by atoms with E-state index < -0.39 is 11.9 Å². The minimum absolute atomic E-state index is 0.335. The molecule has 1 N–H and O–H groups in total. The second-order valence-corrected chi connectivity index (χ2v) is 5.87. The number of nitrogens with zero attached hydrogens (tertiary/aromatic N) is 1. The summed E-state index contributed by atoms with van der Waals surface area (Å²) in [6.07, 6.45) is 1.59. The second kappa shape index (κ2) is 6.02. The van der Waals surface area contributed by atoms with Gasteiger partial charge in [0.25, 0.3) is 0 Å². The lowest BCUT2D eigenvalue weighted by Crippen LogP contribution is -2.35. The van der Waals surface area contributed by atoms with Crippen LogP contribution in [0, 0.1) is 11.8 Å². The largest absolute Gasteiger partial charge is 0.433 e. The molecule has 0 spiro atoms. The maximum absolute atomic E-state index is 12.5. The van der Waals surface area contributed by atoms with Crippen LogP contribution in [0.2, 0.25) is 0 Å². The van der Waals surface area contributed by atoms with Crippen molar-refractivity contribution < 1.29 is 13.2 Å². The lowest BCUT2D eigenvalue weighted by Gasteiger charge is -2.35. The van der Waals surface area contributed by atoms with E-state index in [9.17, 15) is 13.2 Å². The number of pyridine rings is 1. The third-order valence-electron chi connectivity index (χ3n) is 4.08. The fraction of sp³-hybridized carbons (Fsp3) is 0.667. The Bertz CT molecular complexity index is 426. The summed E-state index contributed by atoms with van der Waals surface area (Å²) in [6, 6.07) is 2.85. The van der Waals surface area contributed by atoms with Gasteiger partial charge in [-0.25, -0.2) is 4.98 Å². The molecular formula is C15H21F3N2. The van der Waals surface area contributed by atoms with Crippen molar-refractivity contribution >= 4 is 5.69 Å². The Morgan fingerprint density at radius 3 is 2.45 bits per heavy atom. The average Bonchev–Trinajstić information content (AvgIpc) is 2.38. The van der Waals surface area contributed by atoms with Crippen molar-refractivity contribution in [3.63, 3.8) is 0 Å². The fourth-order valence-electron chi connectivity index (χ4n) is 3.00. The summed E-state index contributed by atoms with van der Waals surface area (Å²) in [4.78, 5) is 3.50. The van der Waals surface area contributed by atoms with Crippen molar-refractivity contribution in [1.82, 2.24) is 4.98 Å². The van der Waals surface area contributed by atoms with Gasteiger partial charge in [-0.05, 0) is 36.8 Å². The Hall–Kier alpha value is -1.26. The van der Waals surface area contributed by atoms with Gasteiger partial charge in [0.2, 0.25) is 0 Å². The van der Waals surface area contributed by atoms with E-state index in [1.807, 2.05) is 0 Å². The number of alkyl halides is 3. The molecule has 1 aromatic rings. The molecule has 1 fully saturated rings. The van der Waals surface area contributed by atoms with Gasteiger partial charge in [0.15, 0.2) is 0 Å². The normalized spacial score (nSPS) is 23.9. The summed E-state index contributed by atoms with van der Waals surface area (Å²) in [5, 5.41) is 3.36. The van der Waals surface area contributed by atoms with Gasteiger partial charge in [0.1, 0.15) is 5.69 Å². The molecule has 0 aliphatic heterocycles. The third kappa shape index (κ3) is 3.64. The van der Waals surface area contributed by atoms with Crippen molar-refractivity contribution in [2.24, 2.45) is 11.8 Å². The molecule has 0 aromatic carbocycles. The van der Waals surface area contributed by atoms with Crippen LogP contribution in [0.25, 0.3) is 0 Å². The zero-order valence-corrected chi connectivity index (χ0v) is 11.9. The van der Waals surface area contributed by atoms with Gasteiger partial charge in [-0.2, -0.15) is 13.2 Å². The number of aromatic nitrogens is 1. The van der Waals surface area contributed by atoms with E-state index in [0.29, 0.717) is 23.6 Å². The molecule has 112 valence electrons. The highest BCUT2D eigenvalue weighted by molar-refractivity contribution is 5.42. The van der Waals surface area contributed by atoms with E-state index in [4.69, 9.17) is 0 Å². The number of hydrogen-bond acceptors (Lipinski definition) is 2. The van der Waals surface area contributed by atoms with Crippen LogP contribution < -0.4 is 5.32 Å². The summed E-state index contributed by atoms with van der Waals surface area (Å²) in [7, 11) is 0.